The smallest absolute Gasteiger partial charge is 0.306 e. The molecule has 59 heavy (non-hydrogen) atoms. The minimum atomic E-state index is -2.06. The average Bonchev–Trinajstić information content (AvgIpc) is 3.36. The standard InChI is InChI=1S/C50H76O9/c1-11-12-13-14-15-16-17-18-19-20-21-22-23-24-25-26-42(55)58-38-32-47(7)39-28-27-35-36(31-37(52)44(56)46(35,5)6)49(39,9)41(54)33-48(47,8)43(38)50(10,57)40(53)29-30-45(3,4)59-34(2)51/h15-16,18-19,27,29-30,36-39,43,52,57H,11-14,17,20-26,28,31-33H2,1-10H3. The first-order valence-corrected chi connectivity index (χ1v) is 22.6. The predicted octanol–water partition coefficient (Wildman–Crippen LogP) is 9.86. The number of hydrogen-bond acceptors (Lipinski definition) is 9. The lowest BCUT2D eigenvalue weighted by molar-refractivity contribution is -0.185. The number of esters is 2. The van der Waals surface area contributed by atoms with Crippen LogP contribution in [0.25, 0.3) is 0 Å². The summed E-state index contributed by atoms with van der Waals surface area (Å²) in [4.78, 5) is 67.6. The van der Waals surface area contributed by atoms with Crippen molar-refractivity contribution in [2.75, 3.05) is 0 Å². The molecule has 0 aromatic rings. The van der Waals surface area contributed by atoms with Crippen molar-refractivity contribution in [2.45, 2.75) is 195 Å². The highest BCUT2D eigenvalue weighted by molar-refractivity contribution is 5.98. The fourth-order valence-electron chi connectivity index (χ4n) is 11.8. The van der Waals surface area contributed by atoms with E-state index < -0.39 is 62.7 Å². The quantitative estimate of drug-likeness (QED) is 0.0531. The van der Waals surface area contributed by atoms with Gasteiger partial charge in [0.2, 0.25) is 0 Å². The summed E-state index contributed by atoms with van der Waals surface area (Å²) in [5.74, 6) is -3.37. The number of aliphatic hydroxyl groups excluding tert-OH is 1. The van der Waals surface area contributed by atoms with Crippen LogP contribution in [0.4, 0.5) is 0 Å². The third kappa shape index (κ3) is 10.1. The molecule has 0 aromatic heterocycles. The number of allylic oxidation sites excluding steroid dienone is 6. The van der Waals surface area contributed by atoms with Gasteiger partial charge in [0.25, 0.3) is 0 Å². The number of unbranched alkanes of at least 4 members (excludes halogenated alkanes) is 8. The molecule has 0 amide bonds. The van der Waals surface area contributed by atoms with Crippen molar-refractivity contribution in [2.24, 2.45) is 39.4 Å². The van der Waals surface area contributed by atoms with Gasteiger partial charge in [0.05, 0.1) is 0 Å². The predicted molar refractivity (Wildman–Crippen MR) is 231 cm³/mol. The number of fused-ring (bicyclic) bond motifs is 5. The fraction of sp³-hybridized carbons (Fsp3) is 0.740. The van der Waals surface area contributed by atoms with Crippen LogP contribution in [0, 0.1) is 39.4 Å². The summed E-state index contributed by atoms with van der Waals surface area (Å²) in [5.41, 5.74) is -5.78. The van der Waals surface area contributed by atoms with E-state index in [1.165, 1.54) is 45.3 Å². The lowest BCUT2D eigenvalue weighted by Crippen LogP contribution is -2.65. The van der Waals surface area contributed by atoms with Crippen molar-refractivity contribution >= 4 is 29.3 Å². The lowest BCUT2D eigenvalue weighted by atomic mass is 9.38. The second kappa shape index (κ2) is 19.3. The molecule has 0 aliphatic heterocycles. The Morgan fingerprint density at radius 3 is 2.12 bits per heavy atom. The van der Waals surface area contributed by atoms with Crippen LogP contribution < -0.4 is 0 Å². The van der Waals surface area contributed by atoms with Crippen LogP contribution in [-0.2, 0) is 33.4 Å². The summed E-state index contributed by atoms with van der Waals surface area (Å²) in [5, 5.41) is 23.4. The molecule has 2 N–H and O–H groups in total. The Labute approximate surface area is 354 Å². The molecular formula is C50H76O9. The number of ether oxygens (including phenoxy) is 2. The van der Waals surface area contributed by atoms with E-state index >= 15 is 0 Å². The Kier molecular flexibility index (Phi) is 15.8. The maximum Gasteiger partial charge on any atom is 0.306 e. The number of hydrogen-bond donors (Lipinski definition) is 2. The van der Waals surface area contributed by atoms with Gasteiger partial charge in [0, 0.05) is 36.5 Å². The van der Waals surface area contributed by atoms with E-state index in [-0.39, 0.29) is 48.6 Å². The number of ketones is 3. The van der Waals surface area contributed by atoms with Gasteiger partial charge in [-0.1, -0.05) is 95.8 Å². The Hall–Kier alpha value is -3.17. The van der Waals surface area contributed by atoms with Crippen molar-refractivity contribution in [3.8, 4) is 0 Å². The zero-order chi connectivity index (χ0) is 44.0. The van der Waals surface area contributed by atoms with E-state index in [9.17, 15) is 34.2 Å². The van der Waals surface area contributed by atoms with Gasteiger partial charge in [-0.2, -0.15) is 0 Å². The minimum Gasteiger partial charge on any atom is -0.462 e. The molecule has 3 saturated carbocycles. The van der Waals surface area contributed by atoms with E-state index in [1.807, 2.05) is 27.7 Å². The molecule has 9 unspecified atom stereocenters. The van der Waals surface area contributed by atoms with Gasteiger partial charge in [-0.05, 0) is 127 Å². The summed E-state index contributed by atoms with van der Waals surface area (Å²) in [6, 6.07) is 0. The van der Waals surface area contributed by atoms with Gasteiger partial charge in [-0.15, -0.1) is 0 Å². The van der Waals surface area contributed by atoms with E-state index in [0.717, 1.165) is 50.5 Å². The first-order chi connectivity index (χ1) is 27.5. The SMILES string of the molecule is CCCCCC=CCC=CCCCCCCCC(=O)OC1CC2(C)C3CC=C4C(CC(O)C(=O)C4(C)C)C3(C)C(=O)CC2(C)C1C(C)(O)C(=O)C=CC(C)(C)OC(C)=O. The van der Waals surface area contributed by atoms with Crippen LogP contribution in [0.1, 0.15) is 172 Å². The van der Waals surface area contributed by atoms with Crippen LogP contribution in [0.15, 0.2) is 48.1 Å². The molecule has 4 aliphatic rings. The van der Waals surface area contributed by atoms with Crippen LogP contribution in [0.5, 0.6) is 0 Å². The molecule has 4 rings (SSSR count). The van der Waals surface area contributed by atoms with Crippen molar-refractivity contribution in [3.63, 3.8) is 0 Å². The normalized spacial score (nSPS) is 32.7. The Morgan fingerprint density at radius 1 is 0.881 bits per heavy atom. The molecule has 9 atom stereocenters. The Bertz CT molecular complexity index is 1680. The third-order valence-electron chi connectivity index (χ3n) is 15.1. The number of carbonyl (C=O) groups is 5. The highest BCUT2D eigenvalue weighted by atomic mass is 16.6. The first kappa shape index (κ1) is 48.5. The molecule has 330 valence electrons. The van der Waals surface area contributed by atoms with Gasteiger partial charge in [-0.3, -0.25) is 24.0 Å². The molecule has 3 fully saturated rings. The molecule has 0 heterocycles. The van der Waals surface area contributed by atoms with Gasteiger partial charge >= 0.3 is 11.9 Å². The van der Waals surface area contributed by atoms with Gasteiger partial charge in [-0.25, -0.2) is 0 Å². The number of Topliss-reactive ketones (excluding diaryl/α,β-unsaturated/α-hetero) is 2. The number of carbonyl (C=O) groups excluding carboxylic acids is 5. The molecule has 0 bridgehead atoms. The van der Waals surface area contributed by atoms with Crippen molar-refractivity contribution in [1.29, 1.82) is 0 Å². The maximum absolute atomic E-state index is 14.9. The zero-order valence-electron chi connectivity index (χ0n) is 38.0. The highest BCUT2D eigenvalue weighted by Crippen LogP contribution is 2.74. The molecular weight excluding hydrogens is 745 g/mol. The minimum absolute atomic E-state index is 0.0283. The average molecular weight is 821 g/mol. The molecule has 4 aliphatic carbocycles. The fourth-order valence-corrected chi connectivity index (χ4v) is 11.8. The highest BCUT2D eigenvalue weighted by Gasteiger charge is 2.75. The monoisotopic (exact) mass is 821 g/mol. The van der Waals surface area contributed by atoms with Crippen LogP contribution in [0.2, 0.25) is 0 Å². The van der Waals surface area contributed by atoms with E-state index in [1.54, 1.807) is 13.8 Å². The second-order valence-corrected chi connectivity index (χ2v) is 20.2. The van der Waals surface area contributed by atoms with Crippen LogP contribution >= 0.6 is 0 Å². The third-order valence-corrected chi connectivity index (χ3v) is 15.1. The summed E-state index contributed by atoms with van der Waals surface area (Å²) < 4.78 is 11.7. The summed E-state index contributed by atoms with van der Waals surface area (Å²) in [6.45, 7) is 17.9. The molecule has 0 spiro atoms. The van der Waals surface area contributed by atoms with Crippen molar-refractivity contribution in [3.05, 3.63) is 48.1 Å². The number of aliphatic hydroxyl groups is 2. The zero-order valence-corrected chi connectivity index (χ0v) is 38.0. The van der Waals surface area contributed by atoms with Crippen molar-refractivity contribution < 1.29 is 43.7 Å². The first-order valence-electron chi connectivity index (χ1n) is 22.6. The largest absolute Gasteiger partial charge is 0.462 e. The Morgan fingerprint density at radius 2 is 1.49 bits per heavy atom. The van der Waals surface area contributed by atoms with Crippen molar-refractivity contribution in [1.82, 2.24) is 0 Å². The summed E-state index contributed by atoms with van der Waals surface area (Å²) >= 11 is 0. The molecule has 9 nitrogen and oxygen atoms in total. The molecule has 9 heteroatoms. The van der Waals surface area contributed by atoms with E-state index in [2.05, 4.69) is 44.2 Å². The van der Waals surface area contributed by atoms with E-state index in [0.29, 0.717) is 19.3 Å². The number of rotatable bonds is 20. The van der Waals surface area contributed by atoms with Gasteiger partial charge in [0.15, 0.2) is 11.6 Å². The molecule has 0 aromatic carbocycles. The second-order valence-electron chi connectivity index (χ2n) is 20.2. The Balaban J connectivity index is 1.52. The van der Waals surface area contributed by atoms with E-state index in [4.69, 9.17) is 9.47 Å². The van der Waals surface area contributed by atoms with Crippen LogP contribution in [-0.4, -0.2) is 62.9 Å². The summed E-state index contributed by atoms with van der Waals surface area (Å²) in [7, 11) is 0. The topological polar surface area (TPSA) is 144 Å². The van der Waals surface area contributed by atoms with Gasteiger partial charge < -0.3 is 19.7 Å². The summed E-state index contributed by atoms with van der Waals surface area (Å²) in [6.07, 6.45) is 24.6. The maximum atomic E-state index is 14.9. The molecule has 0 saturated heterocycles. The lowest BCUT2D eigenvalue weighted by Gasteiger charge is -2.64. The van der Waals surface area contributed by atoms with Crippen LogP contribution in [0.3, 0.4) is 0 Å². The van der Waals surface area contributed by atoms with Gasteiger partial charge in [0.1, 0.15) is 29.2 Å². The molecule has 0 radical (unpaired) electrons.